The number of halogens is 1. The van der Waals surface area contributed by atoms with E-state index in [4.69, 9.17) is 22.7 Å². The van der Waals surface area contributed by atoms with Crippen LogP contribution in [0.2, 0.25) is 0 Å². The molecule has 1 aromatic carbocycles. The van der Waals surface area contributed by atoms with Gasteiger partial charge in [0.1, 0.15) is 0 Å². The number of nitrogens with two attached hydrogens (primary N) is 1. The van der Waals surface area contributed by atoms with Crippen LogP contribution in [0.3, 0.4) is 0 Å². The summed E-state index contributed by atoms with van der Waals surface area (Å²) >= 11 is 8.50. The molecule has 0 aliphatic heterocycles. The monoisotopic (exact) mass is 377 g/mol. The Bertz CT molecular complexity index is 630. The van der Waals surface area contributed by atoms with Crippen LogP contribution in [0.15, 0.2) is 28.7 Å². The lowest BCUT2D eigenvalue weighted by atomic mass is 10.00. The Morgan fingerprint density at radius 3 is 2.40 bits per heavy atom. The summed E-state index contributed by atoms with van der Waals surface area (Å²) in [5.41, 5.74) is 5.95. The molecule has 1 aromatic rings. The fourth-order valence-corrected chi connectivity index (χ4v) is 5.52. The molecule has 0 unspecified atom stereocenters. The molecule has 1 aliphatic rings. The lowest BCUT2D eigenvalue weighted by molar-refractivity contribution is 0.166. The van der Waals surface area contributed by atoms with Crippen molar-refractivity contribution in [1.82, 2.24) is 0 Å². The predicted molar refractivity (Wildman–Crippen MR) is 86.6 cm³/mol. The average Bonchev–Trinajstić information content (AvgIpc) is 3.01. The quantitative estimate of drug-likeness (QED) is 0.793. The van der Waals surface area contributed by atoms with Gasteiger partial charge in [0.15, 0.2) is 9.84 Å². The van der Waals surface area contributed by atoms with Gasteiger partial charge in [0.2, 0.25) is 0 Å². The SMILES string of the molecule is COC[C@@]1(C(N)=S)[C@H](c2ccc(Br)cc2)[C@@H]1S(C)(=O)=O. The third-order valence-electron chi connectivity index (χ3n) is 3.79. The van der Waals surface area contributed by atoms with E-state index in [1.807, 2.05) is 24.3 Å². The van der Waals surface area contributed by atoms with Gasteiger partial charge in [-0.25, -0.2) is 8.42 Å². The molecular formula is C13H16BrNO3S2. The molecule has 20 heavy (non-hydrogen) atoms. The number of benzene rings is 1. The lowest BCUT2D eigenvalue weighted by Gasteiger charge is -2.15. The fourth-order valence-electron chi connectivity index (χ4n) is 2.95. The van der Waals surface area contributed by atoms with E-state index in [-0.39, 0.29) is 17.5 Å². The molecule has 2 N–H and O–H groups in total. The van der Waals surface area contributed by atoms with E-state index in [0.29, 0.717) is 0 Å². The zero-order chi connectivity index (χ0) is 15.1. The third kappa shape index (κ3) is 2.52. The van der Waals surface area contributed by atoms with Crippen molar-refractivity contribution < 1.29 is 13.2 Å². The average molecular weight is 378 g/mol. The smallest absolute Gasteiger partial charge is 0.152 e. The molecule has 1 fully saturated rings. The maximum absolute atomic E-state index is 12.1. The van der Waals surface area contributed by atoms with Crippen molar-refractivity contribution in [1.29, 1.82) is 0 Å². The summed E-state index contributed by atoms with van der Waals surface area (Å²) in [7, 11) is -1.75. The zero-order valence-electron chi connectivity index (χ0n) is 11.2. The summed E-state index contributed by atoms with van der Waals surface area (Å²) in [6, 6.07) is 7.54. The van der Waals surface area contributed by atoms with Crippen molar-refractivity contribution in [2.24, 2.45) is 11.1 Å². The minimum atomic E-state index is -3.27. The highest BCUT2D eigenvalue weighted by Gasteiger charge is 2.71. The minimum Gasteiger partial charge on any atom is -0.393 e. The van der Waals surface area contributed by atoms with Gasteiger partial charge in [0, 0.05) is 23.8 Å². The number of hydrogen-bond acceptors (Lipinski definition) is 4. The largest absolute Gasteiger partial charge is 0.393 e. The van der Waals surface area contributed by atoms with E-state index in [2.05, 4.69) is 15.9 Å². The number of hydrogen-bond donors (Lipinski definition) is 1. The Balaban J connectivity index is 2.49. The zero-order valence-corrected chi connectivity index (χ0v) is 14.4. The topological polar surface area (TPSA) is 69.4 Å². The van der Waals surface area contributed by atoms with Gasteiger partial charge in [-0.2, -0.15) is 0 Å². The molecule has 0 heterocycles. The van der Waals surface area contributed by atoms with Crippen LogP contribution in [-0.4, -0.2) is 38.6 Å². The lowest BCUT2D eigenvalue weighted by Crippen LogP contribution is -2.32. The Labute approximate surface area is 132 Å². The van der Waals surface area contributed by atoms with E-state index >= 15 is 0 Å². The summed E-state index contributed by atoms with van der Waals surface area (Å²) < 4.78 is 30.2. The molecule has 3 atom stereocenters. The molecule has 7 heteroatoms. The molecule has 0 bridgehead atoms. The van der Waals surface area contributed by atoms with Gasteiger partial charge in [0.25, 0.3) is 0 Å². The number of methoxy groups -OCH3 is 1. The summed E-state index contributed by atoms with van der Waals surface area (Å²) in [4.78, 5) is 0.197. The van der Waals surface area contributed by atoms with Gasteiger partial charge in [-0.1, -0.05) is 40.3 Å². The summed E-state index contributed by atoms with van der Waals surface area (Å²) in [6.07, 6.45) is 1.22. The van der Waals surface area contributed by atoms with E-state index in [1.54, 1.807) is 0 Å². The highest BCUT2D eigenvalue weighted by atomic mass is 79.9. The van der Waals surface area contributed by atoms with Crippen LogP contribution in [-0.2, 0) is 14.6 Å². The molecule has 0 spiro atoms. The first-order chi connectivity index (χ1) is 9.25. The highest BCUT2D eigenvalue weighted by molar-refractivity contribution is 9.10. The minimum absolute atomic E-state index is 0.197. The first-order valence-corrected chi connectivity index (χ1v) is 9.14. The van der Waals surface area contributed by atoms with Crippen LogP contribution < -0.4 is 5.73 Å². The first-order valence-electron chi connectivity index (χ1n) is 5.98. The Morgan fingerprint density at radius 2 is 2.00 bits per heavy atom. The molecule has 1 saturated carbocycles. The Morgan fingerprint density at radius 1 is 1.45 bits per heavy atom. The summed E-state index contributed by atoms with van der Waals surface area (Å²) in [5, 5.41) is -0.617. The molecule has 0 aromatic heterocycles. The van der Waals surface area contributed by atoms with E-state index in [9.17, 15) is 8.42 Å². The maximum Gasteiger partial charge on any atom is 0.152 e. The van der Waals surface area contributed by atoms with Crippen molar-refractivity contribution in [3.05, 3.63) is 34.3 Å². The molecule has 110 valence electrons. The number of ether oxygens (including phenoxy) is 1. The molecule has 0 radical (unpaired) electrons. The molecule has 2 rings (SSSR count). The molecular weight excluding hydrogens is 362 g/mol. The summed E-state index contributed by atoms with van der Waals surface area (Å²) in [5.74, 6) is -0.247. The van der Waals surface area contributed by atoms with Gasteiger partial charge >= 0.3 is 0 Å². The van der Waals surface area contributed by atoms with Gasteiger partial charge in [0.05, 0.1) is 22.3 Å². The van der Waals surface area contributed by atoms with E-state index in [0.717, 1.165) is 10.0 Å². The van der Waals surface area contributed by atoms with Crippen LogP contribution in [0.5, 0.6) is 0 Å². The van der Waals surface area contributed by atoms with E-state index < -0.39 is 20.5 Å². The van der Waals surface area contributed by atoms with Gasteiger partial charge in [-0.15, -0.1) is 0 Å². The van der Waals surface area contributed by atoms with Crippen LogP contribution in [0.4, 0.5) is 0 Å². The number of rotatable bonds is 5. The highest BCUT2D eigenvalue weighted by Crippen LogP contribution is 2.63. The Hall–Kier alpha value is -0.500. The van der Waals surface area contributed by atoms with Crippen molar-refractivity contribution in [2.45, 2.75) is 11.2 Å². The van der Waals surface area contributed by atoms with Crippen LogP contribution in [0.25, 0.3) is 0 Å². The van der Waals surface area contributed by atoms with Crippen LogP contribution in [0.1, 0.15) is 11.5 Å². The number of thiocarbonyl (C=S) groups is 1. The molecule has 4 nitrogen and oxygen atoms in total. The third-order valence-corrected chi connectivity index (χ3v) is 6.31. The Kier molecular flexibility index (Phi) is 4.26. The second-order valence-corrected chi connectivity index (χ2v) is 8.64. The maximum atomic E-state index is 12.1. The normalized spacial score (nSPS) is 29.1. The van der Waals surface area contributed by atoms with Gasteiger partial charge in [-0.05, 0) is 17.7 Å². The van der Waals surface area contributed by atoms with Crippen molar-refractivity contribution in [2.75, 3.05) is 20.0 Å². The van der Waals surface area contributed by atoms with Crippen LogP contribution >= 0.6 is 28.1 Å². The van der Waals surface area contributed by atoms with Gasteiger partial charge < -0.3 is 10.5 Å². The fraction of sp³-hybridized carbons (Fsp3) is 0.462. The first kappa shape index (κ1) is 15.9. The van der Waals surface area contributed by atoms with Crippen molar-refractivity contribution in [3.8, 4) is 0 Å². The molecule has 0 amide bonds. The second-order valence-electron chi connectivity index (χ2n) is 5.12. The summed E-state index contributed by atoms with van der Waals surface area (Å²) in [6.45, 7) is 0.209. The van der Waals surface area contributed by atoms with Crippen LogP contribution in [0, 0.1) is 5.41 Å². The van der Waals surface area contributed by atoms with Gasteiger partial charge in [-0.3, -0.25) is 0 Å². The molecule has 1 aliphatic carbocycles. The molecule has 0 saturated heterocycles. The predicted octanol–water partition coefficient (Wildman–Crippen LogP) is 1.88. The second kappa shape index (κ2) is 5.36. The van der Waals surface area contributed by atoms with Crippen molar-refractivity contribution >= 4 is 43.0 Å². The van der Waals surface area contributed by atoms with Crippen molar-refractivity contribution in [3.63, 3.8) is 0 Å². The van der Waals surface area contributed by atoms with E-state index in [1.165, 1.54) is 13.4 Å². The standard InChI is InChI=1S/C13H16BrNO3S2/c1-18-7-13(12(15)19)10(11(13)20(2,16)17)8-3-5-9(14)6-4-8/h3-6,10-11H,7H2,1-2H3,(H2,15,19)/t10-,11+,13-/m1/s1. The number of sulfone groups is 1.